The first-order valence-corrected chi connectivity index (χ1v) is 9.34. The van der Waals surface area contributed by atoms with Crippen molar-refractivity contribution in [1.82, 2.24) is 0 Å². The Morgan fingerprint density at radius 3 is 2.81 bits per heavy atom. The molecule has 0 radical (unpaired) electrons. The molecule has 1 aromatic heterocycles. The maximum Gasteiger partial charge on any atom is 0.342 e. The molecule has 7 nitrogen and oxygen atoms in total. The second-order valence-corrected chi connectivity index (χ2v) is 8.54. The van der Waals surface area contributed by atoms with E-state index in [1.807, 2.05) is 13.0 Å². The van der Waals surface area contributed by atoms with Crippen LogP contribution in [0.1, 0.15) is 44.3 Å². The minimum atomic E-state index is -2.02. The summed E-state index contributed by atoms with van der Waals surface area (Å²) in [6.07, 6.45) is 4.82. The van der Waals surface area contributed by atoms with Gasteiger partial charge in [-0.3, -0.25) is 0 Å². The van der Waals surface area contributed by atoms with Crippen LogP contribution in [0.25, 0.3) is 0 Å². The average molecular weight is 374 g/mol. The van der Waals surface area contributed by atoms with Crippen LogP contribution in [0.5, 0.6) is 0 Å². The van der Waals surface area contributed by atoms with Crippen molar-refractivity contribution in [2.75, 3.05) is 6.61 Å². The number of furan rings is 1. The predicted octanol–water partition coefficient (Wildman–Crippen LogP) is 1.65. The molecule has 7 heteroatoms. The molecular weight excluding hydrogens is 352 g/mol. The number of allylic oxidation sites excluding steroid dienone is 1. The van der Waals surface area contributed by atoms with E-state index in [9.17, 15) is 19.8 Å². The molecule has 0 bridgehead atoms. The number of hydrogen-bond donors (Lipinski definition) is 2. The molecule has 2 aliphatic carbocycles. The molecule has 2 N–H and O–H groups in total. The van der Waals surface area contributed by atoms with Gasteiger partial charge in [0.25, 0.3) is 0 Å². The summed E-state index contributed by atoms with van der Waals surface area (Å²) in [6.45, 7) is 2.01. The number of ether oxygens (including phenoxy) is 2. The molecule has 1 saturated carbocycles. The van der Waals surface area contributed by atoms with Crippen LogP contribution in [-0.2, 0) is 19.1 Å². The Bertz CT molecular complexity index is 843. The van der Waals surface area contributed by atoms with E-state index in [1.165, 1.54) is 12.5 Å². The van der Waals surface area contributed by atoms with Gasteiger partial charge in [0.15, 0.2) is 5.60 Å². The zero-order chi connectivity index (χ0) is 19.0. The Labute approximate surface area is 155 Å². The first-order valence-electron chi connectivity index (χ1n) is 9.34. The zero-order valence-electron chi connectivity index (χ0n) is 15.0. The molecule has 0 amide bonds. The second-order valence-electron chi connectivity index (χ2n) is 8.54. The van der Waals surface area contributed by atoms with Crippen LogP contribution in [0.15, 0.2) is 34.7 Å². The molecule has 144 valence electrons. The van der Waals surface area contributed by atoms with Gasteiger partial charge in [0.2, 0.25) is 0 Å². The summed E-state index contributed by atoms with van der Waals surface area (Å²) < 4.78 is 16.0. The second kappa shape index (κ2) is 5.23. The summed E-state index contributed by atoms with van der Waals surface area (Å²) in [4.78, 5) is 25.2. The molecule has 5 rings (SSSR count). The number of fused-ring (bicyclic) bond motifs is 2. The summed E-state index contributed by atoms with van der Waals surface area (Å²) in [5, 5.41) is 22.4. The highest BCUT2D eigenvalue weighted by Gasteiger charge is 2.74. The van der Waals surface area contributed by atoms with E-state index >= 15 is 0 Å². The van der Waals surface area contributed by atoms with Crippen molar-refractivity contribution < 1.29 is 33.7 Å². The smallest absolute Gasteiger partial charge is 0.342 e. The van der Waals surface area contributed by atoms with Gasteiger partial charge in [-0.25, -0.2) is 9.59 Å². The third-order valence-corrected chi connectivity index (χ3v) is 7.45. The number of cyclic esters (lactones) is 2. The maximum atomic E-state index is 12.9. The lowest BCUT2D eigenvalue weighted by atomic mass is 9.43. The molecular formula is C20H22O7. The topological polar surface area (TPSA) is 106 Å². The zero-order valence-corrected chi connectivity index (χ0v) is 15.0. The molecule has 1 aromatic rings. The van der Waals surface area contributed by atoms with Crippen LogP contribution in [0.2, 0.25) is 0 Å². The van der Waals surface area contributed by atoms with Gasteiger partial charge >= 0.3 is 11.9 Å². The Morgan fingerprint density at radius 1 is 1.26 bits per heavy atom. The van der Waals surface area contributed by atoms with Crippen molar-refractivity contribution in [3.63, 3.8) is 0 Å². The van der Waals surface area contributed by atoms with E-state index in [4.69, 9.17) is 13.9 Å². The van der Waals surface area contributed by atoms with E-state index in [1.54, 1.807) is 6.07 Å². The molecule has 0 aromatic carbocycles. The van der Waals surface area contributed by atoms with Crippen LogP contribution in [0.3, 0.4) is 0 Å². The fourth-order valence-electron chi connectivity index (χ4n) is 6.13. The first kappa shape index (κ1) is 17.0. The van der Waals surface area contributed by atoms with Gasteiger partial charge in [0.05, 0.1) is 18.6 Å². The van der Waals surface area contributed by atoms with Crippen molar-refractivity contribution in [3.05, 3.63) is 35.8 Å². The largest absolute Gasteiger partial charge is 0.472 e. The highest BCUT2D eigenvalue weighted by Crippen LogP contribution is 2.67. The van der Waals surface area contributed by atoms with Crippen LogP contribution >= 0.6 is 0 Å². The normalized spacial score (nSPS) is 45.9. The Balaban J connectivity index is 1.65. The number of aliphatic hydroxyl groups excluding tert-OH is 1. The van der Waals surface area contributed by atoms with Crippen LogP contribution in [0, 0.1) is 16.7 Å². The SMILES string of the molecule is C[C@]12C[C@H](c3ccoc3)OC(=O)[C@@]1(O)[C@H](O)C[C@@]13COC(=O)C1=CCC[C@@H]32. The number of esters is 2. The minimum absolute atomic E-state index is 0.104. The molecule has 2 aliphatic heterocycles. The van der Waals surface area contributed by atoms with Crippen molar-refractivity contribution in [2.45, 2.75) is 50.4 Å². The summed E-state index contributed by atoms with van der Waals surface area (Å²) in [7, 11) is 0. The first-order chi connectivity index (χ1) is 12.8. The maximum absolute atomic E-state index is 12.9. The van der Waals surface area contributed by atoms with Crippen molar-refractivity contribution in [1.29, 1.82) is 0 Å². The molecule has 3 heterocycles. The fraction of sp³-hybridized carbons (Fsp3) is 0.600. The van der Waals surface area contributed by atoms with E-state index in [0.29, 0.717) is 30.4 Å². The van der Waals surface area contributed by atoms with Crippen molar-refractivity contribution in [3.8, 4) is 0 Å². The number of carbonyl (C=O) groups excluding carboxylic acids is 2. The highest BCUT2D eigenvalue weighted by atomic mass is 16.6. The van der Waals surface area contributed by atoms with E-state index < -0.39 is 34.6 Å². The lowest BCUT2D eigenvalue weighted by Crippen LogP contribution is -2.73. The Morgan fingerprint density at radius 2 is 2.07 bits per heavy atom. The lowest BCUT2D eigenvalue weighted by molar-refractivity contribution is -0.273. The molecule has 6 atom stereocenters. The van der Waals surface area contributed by atoms with Gasteiger partial charge in [-0.1, -0.05) is 13.0 Å². The molecule has 3 fully saturated rings. The minimum Gasteiger partial charge on any atom is -0.472 e. The van der Waals surface area contributed by atoms with Gasteiger partial charge in [0, 0.05) is 22.0 Å². The average Bonchev–Trinajstić information content (AvgIpc) is 3.27. The van der Waals surface area contributed by atoms with Gasteiger partial charge in [0.1, 0.15) is 12.7 Å². The van der Waals surface area contributed by atoms with E-state index in [-0.39, 0.29) is 24.9 Å². The molecule has 2 saturated heterocycles. The van der Waals surface area contributed by atoms with E-state index in [0.717, 1.165) is 0 Å². The molecule has 0 unspecified atom stereocenters. The summed E-state index contributed by atoms with van der Waals surface area (Å²) in [5.74, 6) is -1.36. The van der Waals surface area contributed by atoms with E-state index in [2.05, 4.69) is 0 Å². The van der Waals surface area contributed by atoms with Crippen molar-refractivity contribution >= 4 is 11.9 Å². The predicted molar refractivity (Wildman–Crippen MR) is 90.0 cm³/mol. The summed E-state index contributed by atoms with van der Waals surface area (Å²) in [5.41, 5.74) is -2.37. The third-order valence-electron chi connectivity index (χ3n) is 7.45. The number of carbonyl (C=O) groups is 2. The fourth-order valence-corrected chi connectivity index (χ4v) is 6.13. The number of aliphatic hydroxyl groups is 2. The molecule has 1 spiro atoms. The van der Waals surface area contributed by atoms with Gasteiger partial charge < -0.3 is 24.1 Å². The van der Waals surface area contributed by atoms with Crippen LogP contribution in [-0.4, -0.2) is 40.5 Å². The van der Waals surface area contributed by atoms with Crippen LogP contribution < -0.4 is 0 Å². The van der Waals surface area contributed by atoms with Crippen LogP contribution in [0.4, 0.5) is 0 Å². The Hall–Kier alpha value is -2.12. The molecule has 4 aliphatic rings. The monoisotopic (exact) mass is 374 g/mol. The molecule has 27 heavy (non-hydrogen) atoms. The quantitative estimate of drug-likeness (QED) is 0.720. The van der Waals surface area contributed by atoms with Gasteiger partial charge in [-0.2, -0.15) is 0 Å². The highest BCUT2D eigenvalue weighted by molar-refractivity contribution is 5.93. The standard InChI is InChI=1S/C20H22O7/c1-18-7-13(11-5-6-25-9-11)27-17(23)20(18,24)15(21)8-19-10-26-16(22)12(19)3-2-4-14(18)19/h3,5-6,9,13-15,21,24H,2,4,7-8,10H2,1H3/t13-,14-,15-,18-,19-,20+/m1/s1. The summed E-state index contributed by atoms with van der Waals surface area (Å²) >= 11 is 0. The Kier molecular flexibility index (Phi) is 3.30. The third kappa shape index (κ3) is 1.88. The lowest BCUT2D eigenvalue weighted by Gasteiger charge is -2.63. The number of hydrogen-bond acceptors (Lipinski definition) is 7. The van der Waals surface area contributed by atoms with Crippen molar-refractivity contribution in [2.24, 2.45) is 16.7 Å². The summed E-state index contributed by atoms with van der Waals surface area (Å²) in [6, 6.07) is 1.73. The van der Waals surface area contributed by atoms with Gasteiger partial charge in [-0.05, 0) is 37.7 Å². The van der Waals surface area contributed by atoms with Gasteiger partial charge in [-0.15, -0.1) is 0 Å². The number of rotatable bonds is 1.